The summed E-state index contributed by atoms with van der Waals surface area (Å²) in [5.74, 6) is -0.787. The fraction of sp³-hybridized carbons (Fsp3) is 0.417. The summed E-state index contributed by atoms with van der Waals surface area (Å²) < 4.78 is 26.0. The van der Waals surface area contributed by atoms with Gasteiger partial charge in [0.1, 0.15) is 12.6 Å². The highest BCUT2D eigenvalue weighted by Crippen LogP contribution is 2.24. The number of nitro groups is 1. The lowest BCUT2D eigenvalue weighted by Crippen LogP contribution is -2.52. The number of rotatable bonds is 12. The fourth-order valence-corrected chi connectivity index (χ4v) is 4.47. The Morgan fingerprint density at radius 2 is 1.78 bits per heavy atom. The molecule has 196 valence electrons. The Morgan fingerprint density at radius 3 is 2.31 bits per heavy atom. The summed E-state index contributed by atoms with van der Waals surface area (Å²) in [5.41, 5.74) is 0.360. The van der Waals surface area contributed by atoms with Crippen LogP contribution < -0.4 is 9.62 Å². The van der Waals surface area contributed by atoms with Gasteiger partial charge in [0, 0.05) is 30.2 Å². The maximum atomic E-state index is 13.6. The van der Waals surface area contributed by atoms with E-state index in [0.29, 0.717) is 23.6 Å². The number of carbonyl (C=O) groups is 2. The Hall–Kier alpha value is -3.18. The molecule has 10 nitrogen and oxygen atoms in total. The molecule has 0 heterocycles. The summed E-state index contributed by atoms with van der Waals surface area (Å²) in [5, 5.41) is 14.5. The molecule has 0 aliphatic carbocycles. The molecule has 0 aliphatic rings. The van der Waals surface area contributed by atoms with Gasteiger partial charge in [-0.15, -0.1) is 0 Å². The van der Waals surface area contributed by atoms with Crippen LogP contribution in [0.5, 0.6) is 0 Å². The first-order valence-corrected chi connectivity index (χ1v) is 13.6. The molecule has 36 heavy (non-hydrogen) atoms. The molecular weight excluding hydrogens is 508 g/mol. The van der Waals surface area contributed by atoms with E-state index in [1.54, 1.807) is 31.2 Å². The topological polar surface area (TPSA) is 130 Å². The Labute approximate surface area is 216 Å². The Kier molecular flexibility index (Phi) is 10.2. The summed E-state index contributed by atoms with van der Waals surface area (Å²) in [6.45, 7) is 5.47. The second kappa shape index (κ2) is 12.7. The number of non-ortho nitro benzene ring substituents is 1. The van der Waals surface area contributed by atoms with Crippen LogP contribution in [0.4, 0.5) is 11.4 Å². The van der Waals surface area contributed by atoms with Gasteiger partial charge in [-0.3, -0.25) is 24.0 Å². The molecule has 1 N–H and O–H groups in total. The van der Waals surface area contributed by atoms with Gasteiger partial charge >= 0.3 is 0 Å². The van der Waals surface area contributed by atoms with Crippen molar-refractivity contribution in [1.82, 2.24) is 10.2 Å². The molecule has 2 aromatic rings. The number of hydrogen-bond donors (Lipinski definition) is 1. The summed E-state index contributed by atoms with van der Waals surface area (Å²) in [4.78, 5) is 38.5. The minimum Gasteiger partial charge on any atom is -0.354 e. The number of amides is 2. The lowest BCUT2D eigenvalue weighted by molar-refractivity contribution is -0.384. The van der Waals surface area contributed by atoms with Gasteiger partial charge in [-0.05, 0) is 36.1 Å². The van der Waals surface area contributed by atoms with Crippen LogP contribution in [0.3, 0.4) is 0 Å². The van der Waals surface area contributed by atoms with E-state index in [1.807, 2.05) is 13.8 Å². The van der Waals surface area contributed by atoms with Gasteiger partial charge in [0.2, 0.25) is 21.8 Å². The largest absolute Gasteiger partial charge is 0.354 e. The van der Waals surface area contributed by atoms with Crippen LogP contribution in [-0.2, 0) is 26.2 Å². The molecular formula is C24H31ClN4O6S. The number of benzene rings is 2. The van der Waals surface area contributed by atoms with E-state index >= 15 is 0 Å². The van der Waals surface area contributed by atoms with Crippen LogP contribution in [0.2, 0.25) is 5.02 Å². The van der Waals surface area contributed by atoms with Crippen LogP contribution in [0.25, 0.3) is 0 Å². The maximum Gasteiger partial charge on any atom is 0.271 e. The van der Waals surface area contributed by atoms with Gasteiger partial charge in [-0.2, -0.15) is 0 Å². The van der Waals surface area contributed by atoms with Gasteiger partial charge in [-0.25, -0.2) is 8.42 Å². The fourth-order valence-electron chi connectivity index (χ4n) is 3.50. The lowest BCUT2D eigenvalue weighted by Gasteiger charge is -2.33. The van der Waals surface area contributed by atoms with E-state index in [1.165, 1.54) is 23.1 Å². The highest BCUT2D eigenvalue weighted by atomic mass is 35.5. The summed E-state index contributed by atoms with van der Waals surface area (Å²) >= 11 is 5.98. The number of nitro benzene ring substituents is 1. The average Bonchev–Trinajstić information content (AvgIpc) is 2.81. The standard InChI is InChI=1S/C24H31ClN4O6S/c1-5-22(24(31)26-14-17(2)3)27(15-18-9-11-19(25)12-10-18)23(30)16-28(36(4,34)35)20-7-6-8-21(13-20)29(32)33/h6-13,17,22H,5,14-16H2,1-4H3,(H,26,31). The van der Waals surface area contributed by atoms with Crippen LogP contribution in [0.15, 0.2) is 48.5 Å². The van der Waals surface area contributed by atoms with E-state index in [9.17, 15) is 28.1 Å². The minimum atomic E-state index is -4.00. The van der Waals surface area contributed by atoms with Crippen LogP contribution in [-0.4, -0.2) is 55.4 Å². The zero-order chi connectivity index (χ0) is 27.0. The molecule has 0 spiro atoms. The molecule has 2 rings (SSSR count). The SMILES string of the molecule is CCC(C(=O)NCC(C)C)N(Cc1ccc(Cl)cc1)C(=O)CN(c1cccc([N+](=O)[O-])c1)S(C)(=O)=O. The molecule has 2 aromatic carbocycles. The number of halogens is 1. The highest BCUT2D eigenvalue weighted by Gasteiger charge is 2.32. The number of carbonyl (C=O) groups excluding carboxylic acids is 2. The third kappa shape index (κ3) is 8.20. The normalized spacial score (nSPS) is 12.2. The average molecular weight is 539 g/mol. The summed E-state index contributed by atoms with van der Waals surface area (Å²) in [6.07, 6.45) is 1.20. The number of anilines is 1. The van der Waals surface area contributed by atoms with Crippen molar-refractivity contribution in [2.45, 2.75) is 39.8 Å². The van der Waals surface area contributed by atoms with E-state index in [0.717, 1.165) is 16.6 Å². The second-order valence-electron chi connectivity index (χ2n) is 8.76. The Balaban J connectivity index is 2.45. The monoisotopic (exact) mass is 538 g/mol. The maximum absolute atomic E-state index is 13.6. The predicted molar refractivity (Wildman–Crippen MR) is 139 cm³/mol. The zero-order valence-electron chi connectivity index (χ0n) is 20.7. The minimum absolute atomic E-state index is 0.0243. The van der Waals surface area contributed by atoms with Crippen LogP contribution in [0.1, 0.15) is 32.8 Å². The molecule has 0 fully saturated rings. The van der Waals surface area contributed by atoms with Gasteiger partial charge in [0.15, 0.2) is 0 Å². The highest BCUT2D eigenvalue weighted by molar-refractivity contribution is 7.92. The Bertz CT molecular complexity index is 1190. The number of sulfonamides is 1. The van der Waals surface area contributed by atoms with Gasteiger partial charge in [-0.1, -0.05) is 50.6 Å². The molecule has 0 saturated carbocycles. The Morgan fingerprint density at radius 1 is 1.14 bits per heavy atom. The number of nitrogens with one attached hydrogen (secondary N) is 1. The molecule has 12 heteroatoms. The third-order valence-corrected chi connectivity index (χ3v) is 6.74. The van der Waals surface area contributed by atoms with Gasteiger partial charge in [0.05, 0.1) is 16.9 Å². The van der Waals surface area contributed by atoms with Crippen molar-refractivity contribution < 1.29 is 22.9 Å². The molecule has 0 aliphatic heterocycles. The first-order valence-electron chi connectivity index (χ1n) is 11.4. The van der Waals surface area contributed by atoms with Crippen molar-refractivity contribution in [3.8, 4) is 0 Å². The van der Waals surface area contributed by atoms with Crippen molar-refractivity contribution in [3.05, 3.63) is 69.2 Å². The summed E-state index contributed by atoms with van der Waals surface area (Å²) in [7, 11) is -4.00. The van der Waals surface area contributed by atoms with Crippen LogP contribution >= 0.6 is 11.6 Å². The predicted octanol–water partition coefficient (Wildman–Crippen LogP) is 3.59. The first kappa shape index (κ1) is 29.1. The molecule has 0 bridgehead atoms. The summed E-state index contributed by atoms with van der Waals surface area (Å²) in [6, 6.07) is 10.9. The van der Waals surface area contributed by atoms with E-state index < -0.39 is 33.4 Å². The zero-order valence-corrected chi connectivity index (χ0v) is 22.3. The van der Waals surface area contributed by atoms with E-state index in [2.05, 4.69) is 5.32 Å². The molecule has 1 unspecified atom stereocenters. The van der Waals surface area contributed by atoms with E-state index in [-0.39, 0.29) is 29.7 Å². The van der Waals surface area contributed by atoms with E-state index in [4.69, 9.17) is 11.6 Å². The van der Waals surface area contributed by atoms with Gasteiger partial charge in [0.25, 0.3) is 5.69 Å². The number of hydrogen-bond acceptors (Lipinski definition) is 6. The number of nitrogens with zero attached hydrogens (tertiary/aromatic N) is 3. The smallest absolute Gasteiger partial charge is 0.271 e. The molecule has 1 atom stereocenters. The molecule has 0 radical (unpaired) electrons. The molecule has 0 saturated heterocycles. The molecule has 2 amide bonds. The van der Waals surface area contributed by atoms with Crippen LogP contribution in [0, 0.1) is 16.0 Å². The van der Waals surface area contributed by atoms with Gasteiger partial charge < -0.3 is 10.2 Å². The third-order valence-electron chi connectivity index (χ3n) is 5.34. The van der Waals surface area contributed by atoms with Crippen molar-refractivity contribution in [3.63, 3.8) is 0 Å². The second-order valence-corrected chi connectivity index (χ2v) is 11.1. The molecule has 0 aromatic heterocycles. The lowest BCUT2D eigenvalue weighted by atomic mass is 10.1. The first-order chi connectivity index (χ1) is 16.8. The van der Waals surface area contributed by atoms with Crippen molar-refractivity contribution in [2.75, 3.05) is 23.7 Å². The van der Waals surface area contributed by atoms with Crippen molar-refractivity contribution in [1.29, 1.82) is 0 Å². The quantitative estimate of drug-likeness (QED) is 0.324. The van der Waals surface area contributed by atoms with Crippen molar-refractivity contribution >= 4 is 44.8 Å². The van der Waals surface area contributed by atoms with Crippen molar-refractivity contribution in [2.24, 2.45) is 5.92 Å².